The van der Waals surface area contributed by atoms with Gasteiger partial charge in [0, 0.05) is 18.9 Å². The molecule has 0 spiro atoms. The maximum absolute atomic E-state index is 5.08. The highest BCUT2D eigenvalue weighted by molar-refractivity contribution is 7.71. The second-order valence-electron chi connectivity index (χ2n) is 2.89. The van der Waals surface area contributed by atoms with Gasteiger partial charge in [0.25, 0.3) is 0 Å². The van der Waals surface area contributed by atoms with Crippen LogP contribution in [0.1, 0.15) is 12.7 Å². The zero-order valence-corrected chi connectivity index (χ0v) is 8.66. The Morgan fingerprint density at radius 2 is 2.43 bits per heavy atom. The van der Waals surface area contributed by atoms with E-state index in [4.69, 9.17) is 12.2 Å². The Labute approximate surface area is 86.4 Å². The summed E-state index contributed by atoms with van der Waals surface area (Å²) in [6.45, 7) is 3.51. The van der Waals surface area contributed by atoms with Gasteiger partial charge < -0.3 is 4.57 Å². The van der Waals surface area contributed by atoms with Crippen LogP contribution in [0.2, 0.25) is 0 Å². The van der Waals surface area contributed by atoms with Crippen LogP contribution in [0.15, 0.2) is 18.5 Å². The molecule has 0 aliphatic rings. The molecule has 2 aromatic heterocycles. The van der Waals surface area contributed by atoms with Gasteiger partial charge in [-0.1, -0.05) is 0 Å². The van der Waals surface area contributed by atoms with Gasteiger partial charge >= 0.3 is 0 Å². The molecule has 14 heavy (non-hydrogen) atoms. The van der Waals surface area contributed by atoms with E-state index in [1.54, 1.807) is 6.20 Å². The van der Waals surface area contributed by atoms with Crippen LogP contribution in [0.25, 0.3) is 0 Å². The lowest BCUT2D eigenvalue weighted by molar-refractivity contribution is 0.604. The summed E-state index contributed by atoms with van der Waals surface area (Å²) >= 11 is 5.08. The number of hydrogen-bond acceptors (Lipinski definition) is 3. The number of hydrogen-bond donors (Lipinski definition) is 1. The third-order valence-corrected chi connectivity index (χ3v) is 2.33. The van der Waals surface area contributed by atoms with Crippen molar-refractivity contribution in [1.82, 2.24) is 24.5 Å². The van der Waals surface area contributed by atoms with Gasteiger partial charge in [0.2, 0.25) is 0 Å². The second kappa shape index (κ2) is 3.75. The molecule has 0 fully saturated rings. The third kappa shape index (κ3) is 1.60. The SMILES string of the molecule is CCn1c(Cn2cccn2)n[nH]c1=S. The third-order valence-electron chi connectivity index (χ3n) is 2.02. The molecule has 0 saturated carbocycles. The van der Waals surface area contributed by atoms with Crippen LogP contribution < -0.4 is 0 Å². The summed E-state index contributed by atoms with van der Waals surface area (Å²) < 4.78 is 4.43. The van der Waals surface area contributed by atoms with E-state index in [9.17, 15) is 0 Å². The highest BCUT2D eigenvalue weighted by Crippen LogP contribution is 2.00. The standard InChI is InChI=1S/C8H11N5S/c1-2-13-7(10-11-8(13)14)6-12-5-3-4-9-12/h3-5H,2,6H2,1H3,(H,11,14). The molecule has 0 aliphatic carbocycles. The molecule has 6 heteroatoms. The van der Waals surface area contributed by atoms with E-state index in [1.807, 2.05) is 28.4 Å². The minimum atomic E-state index is 0.647. The first kappa shape index (κ1) is 9.14. The second-order valence-corrected chi connectivity index (χ2v) is 3.28. The molecule has 0 aliphatic heterocycles. The lowest BCUT2D eigenvalue weighted by atomic mass is 10.5. The number of aromatic amines is 1. The van der Waals surface area contributed by atoms with E-state index in [-0.39, 0.29) is 0 Å². The molecule has 1 N–H and O–H groups in total. The van der Waals surface area contributed by atoms with Crippen LogP contribution in [0.3, 0.4) is 0 Å². The van der Waals surface area contributed by atoms with Gasteiger partial charge in [0.05, 0.1) is 0 Å². The Kier molecular flexibility index (Phi) is 2.45. The Bertz CT molecular complexity index is 452. The Morgan fingerprint density at radius 3 is 3.07 bits per heavy atom. The van der Waals surface area contributed by atoms with E-state index < -0.39 is 0 Å². The van der Waals surface area contributed by atoms with Crippen LogP contribution in [-0.4, -0.2) is 24.5 Å². The summed E-state index contributed by atoms with van der Waals surface area (Å²) in [5.41, 5.74) is 0. The largest absolute Gasteiger partial charge is 0.303 e. The normalized spacial score (nSPS) is 10.6. The van der Waals surface area contributed by atoms with Crippen molar-refractivity contribution in [3.63, 3.8) is 0 Å². The molecule has 0 bridgehead atoms. The van der Waals surface area contributed by atoms with Gasteiger partial charge in [-0.3, -0.25) is 9.78 Å². The van der Waals surface area contributed by atoms with Crippen LogP contribution >= 0.6 is 12.2 Å². The molecule has 74 valence electrons. The topological polar surface area (TPSA) is 51.4 Å². The summed E-state index contributed by atoms with van der Waals surface area (Å²) in [6, 6.07) is 1.89. The van der Waals surface area contributed by atoms with Gasteiger partial charge in [-0.2, -0.15) is 10.2 Å². The quantitative estimate of drug-likeness (QED) is 0.773. The van der Waals surface area contributed by atoms with E-state index in [0.29, 0.717) is 11.3 Å². The fourth-order valence-electron chi connectivity index (χ4n) is 1.34. The lowest BCUT2D eigenvalue weighted by Gasteiger charge is -2.02. The molecular weight excluding hydrogens is 198 g/mol. The van der Waals surface area contributed by atoms with Crippen LogP contribution in [0.5, 0.6) is 0 Å². The number of nitrogens with zero attached hydrogens (tertiary/aromatic N) is 4. The minimum Gasteiger partial charge on any atom is -0.303 e. The predicted octanol–water partition coefficient (Wildman–Crippen LogP) is 1.21. The summed E-state index contributed by atoms with van der Waals surface area (Å²) in [5.74, 6) is 0.904. The molecule has 0 aromatic carbocycles. The Morgan fingerprint density at radius 1 is 1.57 bits per heavy atom. The van der Waals surface area contributed by atoms with Gasteiger partial charge in [0.1, 0.15) is 6.54 Å². The smallest absolute Gasteiger partial charge is 0.195 e. The maximum atomic E-state index is 5.08. The van der Waals surface area contributed by atoms with Crippen molar-refractivity contribution in [2.24, 2.45) is 0 Å². The zero-order valence-electron chi connectivity index (χ0n) is 7.84. The molecule has 5 nitrogen and oxygen atoms in total. The van der Waals surface area contributed by atoms with E-state index in [2.05, 4.69) is 15.3 Å². The fraction of sp³-hybridized carbons (Fsp3) is 0.375. The number of H-pyrrole nitrogens is 1. The van der Waals surface area contributed by atoms with Gasteiger partial charge in [0.15, 0.2) is 10.6 Å². The van der Waals surface area contributed by atoms with Crippen LogP contribution in [0, 0.1) is 4.77 Å². The summed E-state index contributed by atoms with van der Waals surface area (Å²) in [4.78, 5) is 0. The first-order valence-electron chi connectivity index (χ1n) is 4.42. The van der Waals surface area contributed by atoms with Gasteiger partial charge in [-0.25, -0.2) is 0 Å². The van der Waals surface area contributed by atoms with Crippen molar-refractivity contribution in [3.8, 4) is 0 Å². The molecular formula is C8H11N5S. The molecule has 2 heterocycles. The van der Waals surface area contributed by atoms with E-state index in [0.717, 1.165) is 12.4 Å². The van der Waals surface area contributed by atoms with Crippen LogP contribution in [-0.2, 0) is 13.1 Å². The average molecular weight is 209 g/mol. The molecule has 0 amide bonds. The zero-order chi connectivity index (χ0) is 9.97. The van der Waals surface area contributed by atoms with E-state index in [1.165, 1.54) is 0 Å². The van der Waals surface area contributed by atoms with Gasteiger partial charge in [-0.05, 0) is 25.2 Å². The highest BCUT2D eigenvalue weighted by Gasteiger charge is 2.04. The summed E-state index contributed by atoms with van der Waals surface area (Å²) in [7, 11) is 0. The van der Waals surface area contributed by atoms with Crippen molar-refractivity contribution in [1.29, 1.82) is 0 Å². The molecule has 0 saturated heterocycles. The minimum absolute atomic E-state index is 0.647. The number of rotatable bonds is 3. The molecule has 2 rings (SSSR count). The molecule has 0 radical (unpaired) electrons. The highest BCUT2D eigenvalue weighted by atomic mass is 32.1. The van der Waals surface area contributed by atoms with Crippen molar-refractivity contribution >= 4 is 12.2 Å². The Hall–Kier alpha value is -1.43. The molecule has 0 unspecified atom stereocenters. The van der Waals surface area contributed by atoms with Crippen molar-refractivity contribution in [3.05, 3.63) is 29.1 Å². The first-order chi connectivity index (χ1) is 6.81. The average Bonchev–Trinajstić information content (AvgIpc) is 2.77. The monoisotopic (exact) mass is 209 g/mol. The molecule has 0 atom stereocenters. The number of aromatic nitrogens is 5. The first-order valence-corrected chi connectivity index (χ1v) is 4.83. The Balaban J connectivity index is 2.29. The lowest BCUT2D eigenvalue weighted by Crippen LogP contribution is -2.08. The van der Waals surface area contributed by atoms with Crippen LogP contribution in [0.4, 0.5) is 0 Å². The van der Waals surface area contributed by atoms with Crippen molar-refractivity contribution in [2.45, 2.75) is 20.0 Å². The van der Waals surface area contributed by atoms with Crippen molar-refractivity contribution in [2.75, 3.05) is 0 Å². The number of nitrogens with one attached hydrogen (secondary N) is 1. The summed E-state index contributed by atoms with van der Waals surface area (Å²) in [5, 5.41) is 11.0. The molecule has 2 aromatic rings. The van der Waals surface area contributed by atoms with E-state index >= 15 is 0 Å². The predicted molar refractivity (Wildman–Crippen MR) is 54.4 cm³/mol. The van der Waals surface area contributed by atoms with Gasteiger partial charge in [-0.15, -0.1) is 0 Å². The summed E-state index contributed by atoms with van der Waals surface area (Å²) in [6.07, 6.45) is 3.65. The maximum Gasteiger partial charge on any atom is 0.195 e. The van der Waals surface area contributed by atoms with Crippen molar-refractivity contribution < 1.29 is 0 Å². The fourth-order valence-corrected chi connectivity index (χ4v) is 1.62.